The first kappa shape index (κ1) is 19.2. The Morgan fingerprint density at radius 2 is 2.00 bits per heavy atom. The fourth-order valence-electron chi connectivity index (χ4n) is 3.14. The number of pyridine rings is 1. The quantitative estimate of drug-likeness (QED) is 0.822. The maximum Gasteiger partial charge on any atom is 0.263 e. The van der Waals surface area contributed by atoms with Gasteiger partial charge in [-0.2, -0.15) is 0 Å². The van der Waals surface area contributed by atoms with Crippen LogP contribution in [0.1, 0.15) is 32.8 Å². The Bertz CT molecular complexity index is 940. The number of hydrogen-bond acceptors (Lipinski definition) is 5. The molecule has 0 unspecified atom stereocenters. The molecule has 0 radical (unpaired) electrons. The van der Waals surface area contributed by atoms with Gasteiger partial charge in [0.1, 0.15) is 5.82 Å². The molecule has 0 saturated carbocycles. The van der Waals surface area contributed by atoms with E-state index in [9.17, 15) is 13.2 Å². The minimum atomic E-state index is -3.76. The highest BCUT2D eigenvalue weighted by atomic mass is 32.2. The van der Waals surface area contributed by atoms with E-state index in [1.54, 1.807) is 35.4 Å². The van der Waals surface area contributed by atoms with Gasteiger partial charge < -0.3 is 10.2 Å². The van der Waals surface area contributed by atoms with Crippen molar-refractivity contribution in [2.75, 3.05) is 21.5 Å². The molecule has 3 rings (SSSR count). The van der Waals surface area contributed by atoms with Gasteiger partial charge in [0.05, 0.1) is 16.8 Å². The van der Waals surface area contributed by atoms with Gasteiger partial charge in [-0.3, -0.25) is 9.52 Å². The van der Waals surface area contributed by atoms with Crippen molar-refractivity contribution >= 4 is 33.1 Å². The Balaban J connectivity index is 1.82. The van der Waals surface area contributed by atoms with E-state index < -0.39 is 10.0 Å². The van der Waals surface area contributed by atoms with Crippen molar-refractivity contribution in [3.8, 4) is 0 Å². The number of amides is 1. The summed E-state index contributed by atoms with van der Waals surface area (Å²) in [6.07, 6.45) is 3.15. The van der Waals surface area contributed by atoms with Gasteiger partial charge in [0.2, 0.25) is 5.91 Å². The van der Waals surface area contributed by atoms with E-state index in [4.69, 9.17) is 0 Å². The molecule has 2 N–H and O–H groups in total. The zero-order valence-electron chi connectivity index (χ0n) is 15.7. The average molecular weight is 388 g/mol. The lowest BCUT2D eigenvalue weighted by molar-refractivity contribution is -0.116. The monoisotopic (exact) mass is 388 g/mol. The maximum absolute atomic E-state index is 12.7. The van der Waals surface area contributed by atoms with E-state index >= 15 is 0 Å². The standard InChI is InChI=1S/C19H24N4O3S/c1-13(2)21-16-6-9-19(20-12-16)22-27(25,26)17-7-8-18-15(11-17)5-4-10-23(18)14(3)24/h6-9,11-13,21H,4-5,10H2,1-3H3,(H,20,22). The predicted molar refractivity (Wildman–Crippen MR) is 107 cm³/mol. The second kappa shape index (κ2) is 7.56. The molecule has 7 nitrogen and oxygen atoms in total. The van der Waals surface area contributed by atoms with Crippen LogP contribution in [0.15, 0.2) is 41.4 Å². The summed E-state index contributed by atoms with van der Waals surface area (Å²) in [5, 5.41) is 3.20. The zero-order valence-corrected chi connectivity index (χ0v) is 16.5. The number of carbonyl (C=O) groups is 1. The number of aromatic nitrogens is 1. The van der Waals surface area contributed by atoms with Crippen molar-refractivity contribution in [2.45, 2.75) is 44.6 Å². The van der Waals surface area contributed by atoms with Crippen LogP contribution in [0, 0.1) is 0 Å². The van der Waals surface area contributed by atoms with Crippen LogP contribution in [0.2, 0.25) is 0 Å². The van der Waals surface area contributed by atoms with Crippen molar-refractivity contribution in [3.63, 3.8) is 0 Å². The first-order valence-electron chi connectivity index (χ1n) is 8.93. The molecule has 0 bridgehead atoms. The van der Waals surface area contributed by atoms with Crippen LogP contribution < -0.4 is 14.9 Å². The summed E-state index contributed by atoms with van der Waals surface area (Å²) in [5.41, 5.74) is 2.48. The predicted octanol–water partition coefficient (Wildman–Crippen LogP) is 3.00. The zero-order chi connectivity index (χ0) is 19.6. The van der Waals surface area contributed by atoms with Crippen LogP contribution in [-0.4, -0.2) is 31.9 Å². The number of hydrogen-bond donors (Lipinski definition) is 2. The molecule has 0 spiro atoms. The molecule has 8 heteroatoms. The smallest absolute Gasteiger partial charge is 0.263 e. The highest BCUT2D eigenvalue weighted by Crippen LogP contribution is 2.30. The maximum atomic E-state index is 12.7. The SMILES string of the molecule is CC(=O)N1CCCc2cc(S(=O)(=O)Nc3ccc(NC(C)C)cn3)ccc21. The Kier molecular flexibility index (Phi) is 5.36. The van der Waals surface area contributed by atoms with Crippen molar-refractivity contribution in [1.82, 2.24) is 4.98 Å². The van der Waals surface area contributed by atoms with E-state index in [2.05, 4.69) is 15.0 Å². The van der Waals surface area contributed by atoms with E-state index in [1.807, 2.05) is 13.8 Å². The second-order valence-corrected chi connectivity index (χ2v) is 8.58. The second-order valence-electron chi connectivity index (χ2n) is 6.90. The molecule has 144 valence electrons. The number of fused-ring (bicyclic) bond motifs is 1. The molecular formula is C19H24N4O3S. The van der Waals surface area contributed by atoms with Crippen molar-refractivity contribution in [3.05, 3.63) is 42.1 Å². The topological polar surface area (TPSA) is 91.4 Å². The van der Waals surface area contributed by atoms with Gasteiger partial charge in [-0.1, -0.05) is 0 Å². The molecule has 1 amide bonds. The van der Waals surface area contributed by atoms with Gasteiger partial charge in [-0.15, -0.1) is 0 Å². The molecule has 0 fully saturated rings. The van der Waals surface area contributed by atoms with E-state index in [0.717, 1.165) is 29.8 Å². The highest BCUT2D eigenvalue weighted by Gasteiger charge is 2.23. The molecule has 27 heavy (non-hydrogen) atoms. The minimum absolute atomic E-state index is 0.0380. The average Bonchev–Trinajstić information content (AvgIpc) is 2.61. The molecule has 1 aromatic heterocycles. The Labute approximate surface area is 159 Å². The van der Waals surface area contributed by atoms with Gasteiger partial charge in [-0.25, -0.2) is 13.4 Å². The highest BCUT2D eigenvalue weighted by molar-refractivity contribution is 7.92. The molecule has 2 aromatic rings. The third-order valence-corrected chi connectivity index (χ3v) is 5.67. The van der Waals surface area contributed by atoms with Gasteiger partial charge in [0.25, 0.3) is 10.0 Å². The molecule has 0 aliphatic carbocycles. The van der Waals surface area contributed by atoms with Gasteiger partial charge in [-0.05, 0) is 62.6 Å². The fraction of sp³-hybridized carbons (Fsp3) is 0.368. The number of carbonyl (C=O) groups excluding carboxylic acids is 1. The molecule has 2 heterocycles. The summed E-state index contributed by atoms with van der Waals surface area (Å²) in [6, 6.07) is 8.53. The van der Waals surface area contributed by atoms with Gasteiger partial charge in [0, 0.05) is 25.2 Å². The van der Waals surface area contributed by atoms with E-state index in [0.29, 0.717) is 6.54 Å². The number of nitrogens with one attached hydrogen (secondary N) is 2. The lowest BCUT2D eigenvalue weighted by Crippen LogP contribution is -2.33. The molecule has 1 aliphatic heterocycles. The normalized spacial score (nSPS) is 14.0. The number of benzene rings is 1. The van der Waals surface area contributed by atoms with Crippen LogP contribution in [0.25, 0.3) is 0 Å². The molecule has 1 aromatic carbocycles. The third-order valence-electron chi connectivity index (χ3n) is 4.32. The molecule has 0 saturated heterocycles. The van der Waals surface area contributed by atoms with Crippen LogP contribution in [0.4, 0.5) is 17.2 Å². The summed E-state index contributed by atoms with van der Waals surface area (Å²) >= 11 is 0. The Morgan fingerprint density at radius 1 is 1.22 bits per heavy atom. The van der Waals surface area contributed by atoms with Gasteiger partial charge >= 0.3 is 0 Å². The Morgan fingerprint density at radius 3 is 2.63 bits per heavy atom. The van der Waals surface area contributed by atoms with E-state index in [1.165, 1.54) is 13.0 Å². The van der Waals surface area contributed by atoms with Crippen LogP contribution >= 0.6 is 0 Å². The number of rotatable bonds is 5. The summed E-state index contributed by atoms with van der Waals surface area (Å²) in [5.74, 6) is 0.219. The number of aryl methyl sites for hydroxylation is 1. The van der Waals surface area contributed by atoms with Crippen LogP contribution in [0.3, 0.4) is 0 Å². The van der Waals surface area contributed by atoms with Crippen molar-refractivity contribution < 1.29 is 13.2 Å². The molecular weight excluding hydrogens is 364 g/mol. The number of anilines is 3. The van der Waals surface area contributed by atoms with Crippen LogP contribution in [0.5, 0.6) is 0 Å². The fourth-order valence-corrected chi connectivity index (χ4v) is 4.20. The first-order chi connectivity index (χ1) is 12.8. The number of nitrogens with zero attached hydrogens (tertiary/aromatic N) is 2. The Hall–Kier alpha value is -2.61. The largest absolute Gasteiger partial charge is 0.382 e. The summed E-state index contributed by atoms with van der Waals surface area (Å²) < 4.78 is 27.9. The lowest BCUT2D eigenvalue weighted by atomic mass is 10.0. The summed E-state index contributed by atoms with van der Waals surface area (Å²) in [6.45, 7) is 6.21. The minimum Gasteiger partial charge on any atom is -0.382 e. The van der Waals surface area contributed by atoms with Crippen LogP contribution in [-0.2, 0) is 21.2 Å². The summed E-state index contributed by atoms with van der Waals surface area (Å²) in [7, 11) is -3.76. The lowest BCUT2D eigenvalue weighted by Gasteiger charge is -2.28. The molecule has 0 atom stereocenters. The molecule has 1 aliphatic rings. The third kappa shape index (κ3) is 4.39. The van der Waals surface area contributed by atoms with Crippen molar-refractivity contribution in [1.29, 1.82) is 0 Å². The number of sulfonamides is 1. The van der Waals surface area contributed by atoms with Crippen molar-refractivity contribution in [2.24, 2.45) is 0 Å². The van der Waals surface area contributed by atoms with Gasteiger partial charge in [0.15, 0.2) is 0 Å². The first-order valence-corrected chi connectivity index (χ1v) is 10.4. The van der Waals surface area contributed by atoms with E-state index in [-0.39, 0.29) is 22.7 Å². The summed E-state index contributed by atoms with van der Waals surface area (Å²) in [4.78, 5) is 17.8.